The third kappa shape index (κ3) is 5.85. The lowest BCUT2D eigenvalue weighted by Gasteiger charge is -2.24. The minimum Gasteiger partial charge on any atom is -0.379 e. The average molecular weight is 519 g/mol. The number of morpholine rings is 1. The third-order valence-corrected chi connectivity index (χ3v) is 6.45. The van der Waals surface area contributed by atoms with Gasteiger partial charge in [0.05, 0.1) is 37.3 Å². The summed E-state index contributed by atoms with van der Waals surface area (Å²) in [6, 6.07) is 21.5. The van der Waals surface area contributed by atoms with E-state index < -0.39 is 0 Å². The van der Waals surface area contributed by atoms with Crippen LogP contribution in [-0.4, -0.2) is 68.6 Å². The molecule has 2 N–H and O–H groups in total. The molecule has 0 radical (unpaired) electrons. The van der Waals surface area contributed by atoms with Gasteiger partial charge in [-0.15, -0.1) is 5.10 Å². The summed E-state index contributed by atoms with van der Waals surface area (Å²) in [5.41, 5.74) is 5.06. The van der Waals surface area contributed by atoms with Crippen LogP contribution in [0, 0.1) is 11.8 Å². The number of hydrogen-bond donors (Lipinski definition) is 2. The summed E-state index contributed by atoms with van der Waals surface area (Å²) in [5, 5.41) is 15.7. The highest BCUT2D eigenvalue weighted by Crippen LogP contribution is 2.27. The molecule has 5 aromatic rings. The molecule has 10 nitrogen and oxygen atoms in total. The van der Waals surface area contributed by atoms with Crippen LogP contribution in [-0.2, 0) is 16.1 Å². The Balaban J connectivity index is 1.20. The maximum atomic E-state index is 12.4. The molecule has 6 rings (SSSR count). The number of fused-ring (bicyclic) bond motifs is 2. The van der Waals surface area contributed by atoms with Crippen molar-refractivity contribution in [2.45, 2.75) is 6.54 Å². The summed E-state index contributed by atoms with van der Waals surface area (Å²) in [6.45, 7) is 4.22. The maximum Gasteiger partial charge on any atom is 0.300 e. The van der Waals surface area contributed by atoms with E-state index in [0.29, 0.717) is 37.8 Å². The monoisotopic (exact) mass is 518 g/mol. The summed E-state index contributed by atoms with van der Waals surface area (Å²) in [7, 11) is 0. The quantitative estimate of drug-likeness (QED) is 0.329. The molecule has 0 bridgehead atoms. The van der Waals surface area contributed by atoms with E-state index >= 15 is 0 Å². The van der Waals surface area contributed by atoms with E-state index in [9.17, 15) is 4.79 Å². The van der Waals surface area contributed by atoms with Gasteiger partial charge in [0, 0.05) is 29.9 Å². The molecule has 2 aromatic heterocycles. The molecule has 39 heavy (non-hydrogen) atoms. The lowest BCUT2D eigenvalue weighted by Crippen LogP contribution is -2.36. The van der Waals surface area contributed by atoms with Gasteiger partial charge in [-0.2, -0.15) is 0 Å². The molecule has 0 unspecified atom stereocenters. The van der Waals surface area contributed by atoms with Gasteiger partial charge in [-0.05, 0) is 47.9 Å². The van der Waals surface area contributed by atoms with Crippen LogP contribution in [0.4, 0.5) is 17.2 Å². The standard InChI is InChI=1S/C29H26N8O2/c38-28(7-4-12-36-13-15-39-16-14-36)32-22-8-10-25-24(17-22)29(31-20-30-25)33-23-9-11-26-27(18-23)37(35-34-26)19-21-5-2-1-3-6-21/h1-3,5-6,8-11,17-18,20H,12-16,19H2,(H,32,38)(H,30,31,33). The zero-order chi connectivity index (χ0) is 26.4. The SMILES string of the molecule is O=C(C#CCN1CCOCC1)Nc1ccc2ncnc(Nc3ccc4nnn(Cc5ccccc5)c4c3)c2c1. The van der Waals surface area contributed by atoms with Crippen molar-refractivity contribution in [3.05, 3.63) is 78.6 Å². The highest BCUT2D eigenvalue weighted by atomic mass is 16.5. The van der Waals surface area contributed by atoms with Crippen LogP contribution in [0.2, 0.25) is 0 Å². The first-order chi connectivity index (χ1) is 19.2. The van der Waals surface area contributed by atoms with Gasteiger partial charge in [-0.1, -0.05) is 41.5 Å². The van der Waals surface area contributed by atoms with Gasteiger partial charge in [-0.3, -0.25) is 9.69 Å². The van der Waals surface area contributed by atoms with Crippen molar-refractivity contribution in [1.29, 1.82) is 0 Å². The van der Waals surface area contributed by atoms with E-state index in [1.165, 1.54) is 6.33 Å². The molecular formula is C29H26N8O2. The van der Waals surface area contributed by atoms with Gasteiger partial charge >= 0.3 is 0 Å². The topological polar surface area (TPSA) is 110 Å². The predicted molar refractivity (Wildman–Crippen MR) is 150 cm³/mol. The summed E-state index contributed by atoms with van der Waals surface area (Å²) in [5.74, 6) is 5.88. The maximum absolute atomic E-state index is 12.4. The molecular weight excluding hydrogens is 492 g/mol. The fraction of sp³-hybridized carbons (Fsp3) is 0.207. The summed E-state index contributed by atoms with van der Waals surface area (Å²) in [6.07, 6.45) is 1.51. The van der Waals surface area contributed by atoms with Crippen molar-refractivity contribution in [3.8, 4) is 11.8 Å². The van der Waals surface area contributed by atoms with Crippen LogP contribution in [0.25, 0.3) is 21.9 Å². The Kier molecular flexibility index (Phi) is 7.07. The van der Waals surface area contributed by atoms with Crippen molar-refractivity contribution in [1.82, 2.24) is 29.9 Å². The molecule has 0 aliphatic carbocycles. The van der Waals surface area contributed by atoms with E-state index in [1.54, 1.807) is 6.07 Å². The Labute approximate surface area is 225 Å². The summed E-state index contributed by atoms with van der Waals surface area (Å²) >= 11 is 0. The van der Waals surface area contributed by atoms with E-state index in [0.717, 1.165) is 46.3 Å². The van der Waals surface area contributed by atoms with Gasteiger partial charge < -0.3 is 15.4 Å². The van der Waals surface area contributed by atoms with E-state index in [-0.39, 0.29) is 5.91 Å². The largest absolute Gasteiger partial charge is 0.379 e. The van der Waals surface area contributed by atoms with Crippen LogP contribution in [0.3, 0.4) is 0 Å². The molecule has 3 heterocycles. The Morgan fingerprint density at radius 1 is 0.949 bits per heavy atom. The number of amides is 1. The molecule has 3 aromatic carbocycles. The second-order valence-corrected chi connectivity index (χ2v) is 9.16. The van der Waals surface area contributed by atoms with Gasteiger partial charge in [0.1, 0.15) is 17.7 Å². The number of carbonyl (C=O) groups is 1. The van der Waals surface area contributed by atoms with Gasteiger partial charge in [0.25, 0.3) is 5.91 Å². The number of aromatic nitrogens is 5. The Morgan fingerprint density at radius 2 is 1.77 bits per heavy atom. The number of hydrogen-bond acceptors (Lipinski definition) is 8. The highest BCUT2D eigenvalue weighted by Gasteiger charge is 2.11. The molecule has 1 amide bonds. The smallest absolute Gasteiger partial charge is 0.300 e. The molecule has 0 saturated carbocycles. The molecule has 0 spiro atoms. The predicted octanol–water partition coefficient (Wildman–Crippen LogP) is 3.44. The Morgan fingerprint density at radius 3 is 2.64 bits per heavy atom. The second-order valence-electron chi connectivity index (χ2n) is 9.16. The van der Waals surface area contributed by atoms with Crippen molar-refractivity contribution >= 4 is 45.0 Å². The molecule has 10 heteroatoms. The van der Waals surface area contributed by atoms with Crippen LogP contribution >= 0.6 is 0 Å². The zero-order valence-corrected chi connectivity index (χ0v) is 21.2. The minimum absolute atomic E-state index is 0.362. The van der Waals surface area contributed by atoms with Crippen molar-refractivity contribution in [2.24, 2.45) is 0 Å². The fourth-order valence-electron chi connectivity index (χ4n) is 4.44. The van der Waals surface area contributed by atoms with Crippen molar-refractivity contribution in [3.63, 3.8) is 0 Å². The molecule has 1 saturated heterocycles. The molecule has 1 aliphatic rings. The highest BCUT2D eigenvalue weighted by molar-refractivity contribution is 6.05. The average Bonchev–Trinajstić information content (AvgIpc) is 3.36. The lowest BCUT2D eigenvalue weighted by molar-refractivity contribution is -0.111. The second kappa shape index (κ2) is 11.3. The van der Waals surface area contributed by atoms with Crippen LogP contribution in [0.1, 0.15) is 5.56 Å². The van der Waals surface area contributed by atoms with Crippen LogP contribution in [0.15, 0.2) is 73.1 Å². The first-order valence-corrected chi connectivity index (χ1v) is 12.7. The number of carbonyl (C=O) groups excluding carboxylic acids is 1. The lowest BCUT2D eigenvalue weighted by atomic mass is 10.2. The number of rotatable bonds is 6. The molecule has 194 valence electrons. The fourth-order valence-corrected chi connectivity index (χ4v) is 4.44. The Bertz CT molecular complexity index is 1680. The third-order valence-electron chi connectivity index (χ3n) is 6.45. The molecule has 1 aliphatic heterocycles. The summed E-state index contributed by atoms with van der Waals surface area (Å²) in [4.78, 5) is 23.4. The molecule has 0 atom stereocenters. The zero-order valence-electron chi connectivity index (χ0n) is 21.2. The minimum atomic E-state index is -0.362. The van der Waals surface area contributed by atoms with Gasteiger partial charge in [0.2, 0.25) is 0 Å². The number of benzene rings is 3. The van der Waals surface area contributed by atoms with Gasteiger partial charge in [0.15, 0.2) is 0 Å². The van der Waals surface area contributed by atoms with Gasteiger partial charge in [-0.25, -0.2) is 14.6 Å². The first-order valence-electron chi connectivity index (χ1n) is 12.7. The van der Waals surface area contributed by atoms with E-state index in [2.05, 4.69) is 59.8 Å². The van der Waals surface area contributed by atoms with Crippen molar-refractivity contribution in [2.75, 3.05) is 43.5 Å². The van der Waals surface area contributed by atoms with Crippen molar-refractivity contribution < 1.29 is 9.53 Å². The number of anilines is 3. The van der Waals surface area contributed by atoms with E-state index in [1.807, 2.05) is 53.2 Å². The van der Waals surface area contributed by atoms with Crippen LogP contribution in [0.5, 0.6) is 0 Å². The van der Waals surface area contributed by atoms with Crippen LogP contribution < -0.4 is 10.6 Å². The first kappa shape index (κ1) is 24.5. The van der Waals surface area contributed by atoms with E-state index in [4.69, 9.17) is 4.74 Å². The Hall–Kier alpha value is -4.85. The normalized spacial score (nSPS) is 13.6. The molecule has 1 fully saturated rings. The number of nitrogens with one attached hydrogen (secondary N) is 2. The number of nitrogens with zero attached hydrogens (tertiary/aromatic N) is 6. The number of ether oxygens (including phenoxy) is 1. The summed E-state index contributed by atoms with van der Waals surface area (Å²) < 4.78 is 7.22.